The van der Waals surface area contributed by atoms with Gasteiger partial charge in [-0.3, -0.25) is 4.79 Å². The molecule has 6 nitrogen and oxygen atoms in total. The lowest BCUT2D eigenvalue weighted by Crippen LogP contribution is -2.45. The fraction of sp³-hybridized carbons (Fsp3) is 0.588. The molecule has 1 atom stereocenters. The van der Waals surface area contributed by atoms with Gasteiger partial charge in [-0.15, -0.1) is 0 Å². The van der Waals surface area contributed by atoms with E-state index in [0.717, 1.165) is 41.9 Å². The van der Waals surface area contributed by atoms with Crippen LogP contribution in [0, 0.1) is 19.8 Å². The summed E-state index contributed by atoms with van der Waals surface area (Å²) >= 11 is 0. The second-order valence-electron chi connectivity index (χ2n) is 6.61. The zero-order chi connectivity index (χ0) is 16.6. The molecule has 0 spiro atoms. The number of fused-ring (bicyclic) bond motifs is 1. The van der Waals surface area contributed by atoms with Crippen LogP contribution in [0.1, 0.15) is 38.0 Å². The minimum Gasteiger partial charge on any atom is -0.443 e. The third kappa shape index (κ3) is 3.02. The number of nitrogens with one attached hydrogen (secondary N) is 1. The van der Waals surface area contributed by atoms with Gasteiger partial charge in [-0.2, -0.15) is 0 Å². The van der Waals surface area contributed by atoms with Gasteiger partial charge in [0, 0.05) is 24.7 Å². The van der Waals surface area contributed by atoms with Crippen molar-refractivity contribution in [2.45, 2.75) is 46.6 Å². The van der Waals surface area contributed by atoms with E-state index < -0.39 is 0 Å². The molecule has 3 rings (SSSR count). The second kappa shape index (κ2) is 6.18. The molecule has 1 aliphatic rings. The van der Waals surface area contributed by atoms with Gasteiger partial charge in [-0.1, -0.05) is 0 Å². The van der Waals surface area contributed by atoms with Crippen LogP contribution < -0.4 is 10.2 Å². The number of aryl methyl sites for hydroxylation is 2. The third-order valence-electron chi connectivity index (χ3n) is 4.47. The lowest BCUT2D eigenvalue weighted by molar-refractivity contribution is -0.125. The highest BCUT2D eigenvalue weighted by Crippen LogP contribution is 2.32. The van der Waals surface area contributed by atoms with Crippen LogP contribution in [0.3, 0.4) is 0 Å². The summed E-state index contributed by atoms with van der Waals surface area (Å²) in [7, 11) is 0. The molecule has 6 heteroatoms. The molecule has 23 heavy (non-hydrogen) atoms. The molecule has 1 aliphatic heterocycles. The number of amides is 1. The Bertz CT molecular complexity index is 723. The standard InChI is InChI=1S/C17H24N4O2/c1-10(2)20-16(22)13-6-5-7-21(8-13)15-14-11(3)12(4)23-17(14)19-9-18-15/h9-10,13H,5-8H2,1-4H3,(H,20,22)/t13-/m1/s1. The number of nitrogens with zero attached hydrogens (tertiary/aromatic N) is 3. The molecule has 3 heterocycles. The molecule has 0 saturated carbocycles. The first kappa shape index (κ1) is 15.8. The molecule has 2 aromatic heterocycles. The van der Waals surface area contributed by atoms with E-state index in [1.54, 1.807) is 0 Å². The zero-order valence-electron chi connectivity index (χ0n) is 14.2. The van der Waals surface area contributed by atoms with Gasteiger partial charge in [0.25, 0.3) is 0 Å². The van der Waals surface area contributed by atoms with Crippen LogP contribution in [0.15, 0.2) is 10.7 Å². The highest BCUT2D eigenvalue weighted by Gasteiger charge is 2.28. The molecule has 1 fully saturated rings. The summed E-state index contributed by atoms with van der Waals surface area (Å²) in [6, 6.07) is 0.169. The van der Waals surface area contributed by atoms with Crippen LogP contribution in [-0.2, 0) is 4.79 Å². The normalized spacial score (nSPS) is 18.7. The predicted molar refractivity (Wildman–Crippen MR) is 89.5 cm³/mol. The number of carbonyl (C=O) groups is 1. The SMILES string of the molecule is Cc1oc2ncnc(N3CCC[C@@H](C(=O)NC(C)C)C3)c2c1C. The Labute approximate surface area is 136 Å². The maximum atomic E-state index is 12.3. The number of hydrogen-bond acceptors (Lipinski definition) is 5. The van der Waals surface area contributed by atoms with Gasteiger partial charge >= 0.3 is 0 Å². The smallest absolute Gasteiger partial charge is 0.231 e. The van der Waals surface area contributed by atoms with Gasteiger partial charge in [0.05, 0.1) is 11.3 Å². The summed E-state index contributed by atoms with van der Waals surface area (Å²) in [6.45, 7) is 9.54. The van der Waals surface area contributed by atoms with E-state index in [-0.39, 0.29) is 17.9 Å². The number of rotatable bonds is 3. The quantitative estimate of drug-likeness (QED) is 0.942. The van der Waals surface area contributed by atoms with Crippen molar-refractivity contribution >= 4 is 22.8 Å². The number of piperidine rings is 1. The highest BCUT2D eigenvalue weighted by molar-refractivity contribution is 5.90. The first-order chi connectivity index (χ1) is 11.0. The minimum absolute atomic E-state index is 0.00414. The zero-order valence-corrected chi connectivity index (χ0v) is 14.2. The van der Waals surface area contributed by atoms with E-state index in [4.69, 9.17) is 4.42 Å². The molecule has 0 aliphatic carbocycles. The fourth-order valence-electron chi connectivity index (χ4n) is 3.19. The van der Waals surface area contributed by atoms with Crippen LogP contribution in [0.2, 0.25) is 0 Å². The molecule has 2 aromatic rings. The van der Waals surface area contributed by atoms with E-state index in [0.29, 0.717) is 12.3 Å². The monoisotopic (exact) mass is 316 g/mol. The fourth-order valence-corrected chi connectivity index (χ4v) is 3.19. The summed E-state index contributed by atoms with van der Waals surface area (Å²) in [4.78, 5) is 23.2. The maximum Gasteiger partial charge on any atom is 0.231 e. The third-order valence-corrected chi connectivity index (χ3v) is 4.47. The van der Waals surface area contributed by atoms with Gasteiger partial charge in [0.1, 0.15) is 17.9 Å². The number of hydrogen-bond donors (Lipinski definition) is 1. The van der Waals surface area contributed by atoms with Crippen molar-refractivity contribution in [3.8, 4) is 0 Å². The topological polar surface area (TPSA) is 71.3 Å². The number of furan rings is 1. The van der Waals surface area contributed by atoms with E-state index in [1.165, 1.54) is 6.33 Å². The van der Waals surface area contributed by atoms with E-state index in [1.807, 2.05) is 27.7 Å². The van der Waals surface area contributed by atoms with Crippen molar-refractivity contribution in [1.29, 1.82) is 0 Å². The molecule has 0 bridgehead atoms. The van der Waals surface area contributed by atoms with Gasteiger partial charge in [-0.05, 0) is 40.5 Å². The first-order valence-corrected chi connectivity index (χ1v) is 8.23. The molecule has 0 radical (unpaired) electrons. The Hall–Kier alpha value is -2.11. The van der Waals surface area contributed by atoms with Crippen molar-refractivity contribution in [3.63, 3.8) is 0 Å². The average Bonchev–Trinajstić information content (AvgIpc) is 2.82. The van der Waals surface area contributed by atoms with Crippen molar-refractivity contribution < 1.29 is 9.21 Å². The molecule has 124 valence electrons. The van der Waals surface area contributed by atoms with Crippen LogP contribution in [-0.4, -0.2) is 35.0 Å². The van der Waals surface area contributed by atoms with E-state index >= 15 is 0 Å². The molecule has 0 unspecified atom stereocenters. The average molecular weight is 316 g/mol. The molecule has 1 saturated heterocycles. The Morgan fingerprint density at radius 1 is 1.39 bits per heavy atom. The Kier molecular flexibility index (Phi) is 4.24. The summed E-state index contributed by atoms with van der Waals surface area (Å²) in [6.07, 6.45) is 3.45. The van der Waals surface area contributed by atoms with E-state index in [9.17, 15) is 4.79 Å². The Balaban J connectivity index is 1.88. The molecular formula is C17H24N4O2. The lowest BCUT2D eigenvalue weighted by atomic mass is 9.96. The van der Waals surface area contributed by atoms with Crippen molar-refractivity contribution in [3.05, 3.63) is 17.7 Å². The van der Waals surface area contributed by atoms with E-state index in [2.05, 4.69) is 20.2 Å². The second-order valence-corrected chi connectivity index (χ2v) is 6.61. The maximum absolute atomic E-state index is 12.3. The van der Waals surface area contributed by atoms with Gasteiger partial charge in [0.2, 0.25) is 11.6 Å². The van der Waals surface area contributed by atoms with Gasteiger partial charge < -0.3 is 14.6 Å². The highest BCUT2D eigenvalue weighted by atomic mass is 16.3. The summed E-state index contributed by atoms with van der Waals surface area (Å²) < 4.78 is 5.70. The molecular weight excluding hydrogens is 292 g/mol. The summed E-state index contributed by atoms with van der Waals surface area (Å²) in [5, 5.41) is 3.99. The molecule has 1 amide bonds. The van der Waals surface area contributed by atoms with Crippen molar-refractivity contribution in [2.75, 3.05) is 18.0 Å². The molecule has 1 N–H and O–H groups in total. The minimum atomic E-state index is 0.00414. The lowest BCUT2D eigenvalue weighted by Gasteiger charge is -2.33. The van der Waals surface area contributed by atoms with Crippen molar-refractivity contribution in [1.82, 2.24) is 15.3 Å². The van der Waals surface area contributed by atoms with Crippen LogP contribution in [0.25, 0.3) is 11.1 Å². The number of carbonyl (C=O) groups excluding carboxylic acids is 1. The summed E-state index contributed by atoms with van der Waals surface area (Å²) in [5.41, 5.74) is 1.70. The van der Waals surface area contributed by atoms with Crippen LogP contribution in [0.4, 0.5) is 5.82 Å². The Morgan fingerprint density at radius 3 is 2.91 bits per heavy atom. The summed E-state index contributed by atoms with van der Waals surface area (Å²) in [5.74, 6) is 1.89. The Morgan fingerprint density at radius 2 is 2.17 bits per heavy atom. The van der Waals surface area contributed by atoms with Gasteiger partial charge in [-0.25, -0.2) is 9.97 Å². The van der Waals surface area contributed by atoms with Crippen LogP contribution >= 0.6 is 0 Å². The van der Waals surface area contributed by atoms with Crippen molar-refractivity contribution in [2.24, 2.45) is 5.92 Å². The molecule has 0 aromatic carbocycles. The first-order valence-electron chi connectivity index (χ1n) is 8.23. The predicted octanol–water partition coefficient (Wildman–Crippen LogP) is 2.58. The van der Waals surface area contributed by atoms with Gasteiger partial charge in [0.15, 0.2) is 0 Å². The van der Waals surface area contributed by atoms with Crippen LogP contribution in [0.5, 0.6) is 0 Å². The largest absolute Gasteiger partial charge is 0.443 e. The number of aromatic nitrogens is 2. The number of anilines is 1.